The van der Waals surface area contributed by atoms with E-state index in [9.17, 15) is 8.42 Å². The average Bonchev–Trinajstić information content (AvgIpc) is 2.76. The normalized spacial score (nSPS) is 22.0. The minimum absolute atomic E-state index is 0. The summed E-state index contributed by atoms with van der Waals surface area (Å²) in [7, 11) is -2.80. The molecule has 0 aromatic heterocycles. The maximum absolute atomic E-state index is 11.5. The first kappa shape index (κ1) is 21.9. The highest BCUT2D eigenvalue weighted by molar-refractivity contribution is 14.0. The summed E-state index contributed by atoms with van der Waals surface area (Å²) < 4.78 is 22.9. The Morgan fingerprint density at radius 2 is 2.05 bits per heavy atom. The summed E-state index contributed by atoms with van der Waals surface area (Å²) in [5, 5.41) is 6.65. The van der Waals surface area contributed by atoms with Crippen molar-refractivity contribution in [1.29, 1.82) is 0 Å². The molecule has 1 aliphatic rings. The maximum Gasteiger partial charge on any atom is 0.191 e. The fraction of sp³-hybridized carbons (Fsp3) is 0.933. The minimum Gasteiger partial charge on any atom is -0.357 e. The summed E-state index contributed by atoms with van der Waals surface area (Å²) in [5.41, 5.74) is 0. The molecule has 2 N–H and O–H groups in total. The zero-order valence-corrected chi connectivity index (χ0v) is 17.2. The van der Waals surface area contributed by atoms with Crippen LogP contribution >= 0.6 is 24.0 Å². The summed E-state index contributed by atoms with van der Waals surface area (Å²) in [6.07, 6.45) is 5.61. The largest absolute Gasteiger partial charge is 0.357 e. The molecule has 0 amide bonds. The van der Waals surface area contributed by atoms with E-state index in [1.165, 1.54) is 19.3 Å². The lowest BCUT2D eigenvalue weighted by molar-refractivity contribution is 0.542. The van der Waals surface area contributed by atoms with Gasteiger partial charge < -0.3 is 10.6 Å². The van der Waals surface area contributed by atoms with E-state index < -0.39 is 9.84 Å². The fourth-order valence-corrected chi connectivity index (χ4v) is 4.41. The minimum atomic E-state index is -2.80. The highest BCUT2D eigenvalue weighted by Crippen LogP contribution is 2.18. The first-order valence-electron chi connectivity index (χ1n) is 8.22. The molecule has 0 radical (unpaired) electrons. The lowest BCUT2D eigenvalue weighted by atomic mass is 10.1. The van der Waals surface area contributed by atoms with E-state index in [1.54, 1.807) is 0 Å². The van der Waals surface area contributed by atoms with E-state index in [-0.39, 0.29) is 29.9 Å². The van der Waals surface area contributed by atoms with Crippen molar-refractivity contribution in [3.8, 4) is 0 Å². The van der Waals surface area contributed by atoms with Gasteiger partial charge in [0.2, 0.25) is 0 Å². The number of nitrogens with zero attached hydrogens (tertiary/aromatic N) is 1. The predicted octanol–water partition coefficient (Wildman–Crippen LogP) is 2.56. The number of hydrogen-bond acceptors (Lipinski definition) is 3. The van der Waals surface area contributed by atoms with Gasteiger partial charge in [-0.1, -0.05) is 26.2 Å². The van der Waals surface area contributed by atoms with Crippen molar-refractivity contribution in [1.82, 2.24) is 10.6 Å². The van der Waals surface area contributed by atoms with Crippen LogP contribution in [0.5, 0.6) is 0 Å². The zero-order valence-electron chi connectivity index (χ0n) is 14.1. The molecule has 0 bridgehead atoms. The van der Waals surface area contributed by atoms with Crippen LogP contribution in [0.3, 0.4) is 0 Å². The van der Waals surface area contributed by atoms with E-state index in [2.05, 4.69) is 29.5 Å². The molecule has 1 rings (SSSR count). The van der Waals surface area contributed by atoms with Crippen LogP contribution in [0.1, 0.15) is 52.9 Å². The quantitative estimate of drug-likeness (QED) is 0.261. The lowest BCUT2D eigenvalue weighted by Gasteiger charge is -2.18. The molecule has 0 saturated carbocycles. The molecule has 132 valence electrons. The third kappa shape index (κ3) is 9.17. The summed E-state index contributed by atoms with van der Waals surface area (Å²) in [6, 6.07) is 0.390. The van der Waals surface area contributed by atoms with Crippen molar-refractivity contribution in [3.05, 3.63) is 0 Å². The van der Waals surface area contributed by atoms with Crippen molar-refractivity contribution in [2.45, 2.75) is 58.9 Å². The third-order valence-electron chi connectivity index (χ3n) is 3.80. The topological polar surface area (TPSA) is 70.6 Å². The van der Waals surface area contributed by atoms with Crippen molar-refractivity contribution in [2.24, 2.45) is 10.9 Å². The van der Waals surface area contributed by atoms with Gasteiger partial charge in [0.25, 0.3) is 0 Å². The van der Waals surface area contributed by atoms with E-state index in [4.69, 9.17) is 0 Å². The SMILES string of the molecule is CCCCCC(C)NC(=NCC1CCS(=O)(=O)C1)NCC.I. The van der Waals surface area contributed by atoms with E-state index in [0.717, 1.165) is 25.3 Å². The standard InChI is InChI=1S/C15H31N3O2S.HI/c1-4-6-7-8-13(3)18-15(16-5-2)17-11-14-9-10-21(19,20)12-14;/h13-14H,4-12H2,1-3H3,(H2,16,17,18);1H. The molecule has 5 nitrogen and oxygen atoms in total. The molecular weight excluding hydrogens is 413 g/mol. The molecule has 7 heteroatoms. The Bertz CT molecular complexity index is 427. The summed E-state index contributed by atoms with van der Waals surface area (Å²) >= 11 is 0. The number of hydrogen-bond donors (Lipinski definition) is 2. The van der Waals surface area contributed by atoms with Crippen LogP contribution in [-0.2, 0) is 9.84 Å². The first-order chi connectivity index (χ1) is 9.96. The molecule has 1 heterocycles. The third-order valence-corrected chi connectivity index (χ3v) is 5.64. The average molecular weight is 445 g/mol. The number of rotatable bonds is 8. The highest BCUT2D eigenvalue weighted by Gasteiger charge is 2.27. The van der Waals surface area contributed by atoms with Crippen molar-refractivity contribution in [2.75, 3.05) is 24.6 Å². The van der Waals surface area contributed by atoms with Gasteiger partial charge in [-0.05, 0) is 32.6 Å². The van der Waals surface area contributed by atoms with Gasteiger partial charge in [-0.3, -0.25) is 4.99 Å². The van der Waals surface area contributed by atoms with Crippen LogP contribution in [0.25, 0.3) is 0 Å². The predicted molar refractivity (Wildman–Crippen MR) is 105 cm³/mol. The monoisotopic (exact) mass is 445 g/mol. The molecule has 2 atom stereocenters. The van der Waals surface area contributed by atoms with Gasteiger partial charge in [-0.25, -0.2) is 8.42 Å². The number of halogens is 1. The lowest BCUT2D eigenvalue weighted by Crippen LogP contribution is -2.42. The summed E-state index contributed by atoms with van der Waals surface area (Å²) in [4.78, 5) is 4.56. The van der Waals surface area contributed by atoms with Crippen molar-refractivity contribution >= 4 is 39.8 Å². The van der Waals surface area contributed by atoms with Crippen LogP contribution in [-0.4, -0.2) is 45.0 Å². The molecule has 1 fully saturated rings. The smallest absolute Gasteiger partial charge is 0.191 e. The van der Waals surface area contributed by atoms with E-state index in [1.807, 2.05) is 6.92 Å². The molecule has 22 heavy (non-hydrogen) atoms. The van der Waals surface area contributed by atoms with Crippen LogP contribution in [0, 0.1) is 5.92 Å². The Hall–Kier alpha value is -0.0500. The molecule has 0 aromatic carbocycles. The Labute approximate surface area is 153 Å². The summed E-state index contributed by atoms with van der Waals surface area (Å²) in [6.45, 7) is 7.83. The van der Waals surface area contributed by atoms with E-state index in [0.29, 0.717) is 24.1 Å². The van der Waals surface area contributed by atoms with Gasteiger partial charge in [0, 0.05) is 19.1 Å². The zero-order chi connectivity index (χ0) is 15.7. The number of guanidine groups is 1. The summed E-state index contributed by atoms with van der Waals surface area (Å²) in [5.74, 6) is 1.61. The van der Waals surface area contributed by atoms with Crippen LogP contribution < -0.4 is 10.6 Å². The van der Waals surface area contributed by atoms with Gasteiger partial charge in [-0.2, -0.15) is 0 Å². The Morgan fingerprint density at radius 3 is 2.59 bits per heavy atom. The number of aliphatic imine (C=N–C) groups is 1. The molecule has 1 aliphatic heterocycles. The fourth-order valence-electron chi connectivity index (χ4n) is 2.56. The Morgan fingerprint density at radius 1 is 1.32 bits per heavy atom. The molecule has 2 unspecified atom stereocenters. The Balaban J connectivity index is 0.00000441. The van der Waals surface area contributed by atoms with Gasteiger partial charge >= 0.3 is 0 Å². The van der Waals surface area contributed by atoms with Gasteiger partial charge in [0.1, 0.15) is 0 Å². The Kier molecular flexibility index (Phi) is 11.5. The first-order valence-corrected chi connectivity index (χ1v) is 10.0. The second-order valence-corrected chi connectivity index (χ2v) is 8.26. The molecule has 0 aliphatic carbocycles. The molecule has 1 saturated heterocycles. The molecule has 0 aromatic rings. The van der Waals surface area contributed by atoms with Gasteiger partial charge in [0.15, 0.2) is 15.8 Å². The van der Waals surface area contributed by atoms with E-state index >= 15 is 0 Å². The van der Waals surface area contributed by atoms with Crippen molar-refractivity contribution in [3.63, 3.8) is 0 Å². The number of unbranched alkanes of at least 4 members (excludes halogenated alkanes) is 2. The second-order valence-electron chi connectivity index (χ2n) is 6.03. The maximum atomic E-state index is 11.5. The van der Waals surface area contributed by atoms with Gasteiger partial charge in [-0.15, -0.1) is 24.0 Å². The van der Waals surface area contributed by atoms with Crippen molar-refractivity contribution < 1.29 is 8.42 Å². The molecule has 0 spiro atoms. The van der Waals surface area contributed by atoms with Crippen LogP contribution in [0.4, 0.5) is 0 Å². The number of nitrogens with one attached hydrogen (secondary N) is 2. The molecular formula is C15H32IN3O2S. The number of sulfone groups is 1. The second kappa shape index (κ2) is 11.5. The van der Waals surface area contributed by atoms with Crippen LogP contribution in [0.15, 0.2) is 4.99 Å². The van der Waals surface area contributed by atoms with Gasteiger partial charge in [0.05, 0.1) is 11.5 Å². The highest BCUT2D eigenvalue weighted by atomic mass is 127. The van der Waals surface area contributed by atoms with Crippen LogP contribution in [0.2, 0.25) is 0 Å².